The lowest BCUT2D eigenvalue weighted by Crippen LogP contribution is -2.32. The second-order valence-corrected chi connectivity index (χ2v) is 2.44. The highest BCUT2D eigenvalue weighted by Gasteiger charge is 2.17. The number of alkyl halides is 2. The molecule has 0 rings (SSSR count). The lowest BCUT2D eigenvalue weighted by molar-refractivity contribution is -0.117. The van der Waals surface area contributed by atoms with E-state index in [1.807, 2.05) is 5.92 Å². The zero-order valence-electron chi connectivity index (χ0n) is 4.47. The summed E-state index contributed by atoms with van der Waals surface area (Å²) in [6.07, 6.45) is 4.80. The molecule has 1 atom stereocenters. The maximum Gasteiger partial charge on any atom is 0.194 e. The molecule has 0 saturated heterocycles. The van der Waals surface area contributed by atoms with Gasteiger partial charge in [0.1, 0.15) is 6.04 Å². The van der Waals surface area contributed by atoms with E-state index >= 15 is 0 Å². The highest BCUT2D eigenvalue weighted by Crippen LogP contribution is 2.03. The SMILES string of the molecule is C#CC(N)C(=O)C(Cl)Cl. The van der Waals surface area contributed by atoms with E-state index in [2.05, 4.69) is 0 Å². The van der Waals surface area contributed by atoms with E-state index in [0.29, 0.717) is 0 Å². The number of carbonyl (C=O) groups excluding carboxylic acids is 1. The Balaban J connectivity index is 3.92. The molecule has 0 aliphatic carbocycles. The van der Waals surface area contributed by atoms with Crippen molar-refractivity contribution >= 4 is 29.0 Å². The Morgan fingerprint density at radius 2 is 2.11 bits per heavy atom. The van der Waals surface area contributed by atoms with E-state index in [1.165, 1.54) is 0 Å². The van der Waals surface area contributed by atoms with Crippen LogP contribution < -0.4 is 5.73 Å². The van der Waals surface area contributed by atoms with Crippen molar-refractivity contribution in [2.24, 2.45) is 5.73 Å². The Bertz CT molecular complexity index is 150. The van der Waals surface area contributed by atoms with Gasteiger partial charge < -0.3 is 5.73 Å². The number of terminal acetylenes is 1. The molecule has 2 nitrogen and oxygen atoms in total. The minimum Gasteiger partial charge on any atom is -0.311 e. The number of rotatable bonds is 2. The molecule has 0 aromatic carbocycles. The third kappa shape index (κ3) is 2.71. The predicted molar refractivity (Wildman–Crippen MR) is 37.3 cm³/mol. The van der Waals surface area contributed by atoms with Crippen molar-refractivity contribution in [1.29, 1.82) is 0 Å². The number of hydrogen-bond acceptors (Lipinski definition) is 2. The van der Waals surface area contributed by atoms with Crippen molar-refractivity contribution < 1.29 is 4.79 Å². The van der Waals surface area contributed by atoms with Gasteiger partial charge in [-0.1, -0.05) is 29.1 Å². The fourth-order valence-corrected chi connectivity index (χ4v) is 0.489. The quantitative estimate of drug-likeness (QED) is 0.474. The standard InChI is InChI=1S/C5H5Cl2NO/c1-2-3(8)4(9)5(6)7/h1,3,5H,8H2. The van der Waals surface area contributed by atoms with Crippen LogP contribution in [0.2, 0.25) is 0 Å². The summed E-state index contributed by atoms with van der Waals surface area (Å²) < 4.78 is 0. The third-order valence-corrected chi connectivity index (χ3v) is 1.13. The Hall–Kier alpha value is -0.230. The number of carbonyl (C=O) groups is 1. The minimum atomic E-state index is -1.11. The topological polar surface area (TPSA) is 43.1 Å². The lowest BCUT2D eigenvalue weighted by atomic mass is 10.2. The van der Waals surface area contributed by atoms with Crippen LogP contribution in [0.25, 0.3) is 0 Å². The Morgan fingerprint density at radius 3 is 2.22 bits per heavy atom. The highest BCUT2D eigenvalue weighted by molar-refractivity contribution is 6.54. The van der Waals surface area contributed by atoms with Gasteiger partial charge in [-0.2, -0.15) is 0 Å². The van der Waals surface area contributed by atoms with Gasteiger partial charge in [0.25, 0.3) is 0 Å². The summed E-state index contributed by atoms with van der Waals surface area (Å²) >= 11 is 10.3. The van der Waals surface area contributed by atoms with Crippen molar-refractivity contribution in [2.45, 2.75) is 10.9 Å². The number of nitrogens with two attached hydrogens (primary N) is 1. The van der Waals surface area contributed by atoms with Gasteiger partial charge in [-0.15, -0.1) is 6.42 Å². The molecule has 1 unspecified atom stereocenters. The van der Waals surface area contributed by atoms with Gasteiger partial charge in [-0.05, 0) is 0 Å². The van der Waals surface area contributed by atoms with Crippen LogP contribution in [-0.2, 0) is 4.79 Å². The summed E-state index contributed by atoms with van der Waals surface area (Å²) in [5, 5.41) is 0. The molecule has 9 heavy (non-hydrogen) atoms. The van der Waals surface area contributed by atoms with Crippen LogP contribution >= 0.6 is 23.2 Å². The first kappa shape index (κ1) is 8.77. The molecule has 4 heteroatoms. The summed E-state index contributed by atoms with van der Waals surface area (Å²) in [7, 11) is 0. The summed E-state index contributed by atoms with van der Waals surface area (Å²) in [6, 6.07) is -0.981. The number of halogens is 2. The van der Waals surface area contributed by atoms with E-state index in [-0.39, 0.29) is 0 Å². The van der Waals surface area contributed by atoms with Gasteiger partial charge in [-0.25, -0.2) is 0 Å². The summed E-state index contributed by atoms with van der Waals surface area (Å²) in [5.74, 6) is 1.46. The fourth-order valence-electron chi connectivity index (χ4n) is 0.218. The zero-order chi connectivity index (χ0) is 7.44. The van der Waals surface area contributed by atoms with Crippen LogP contribution in [0, 0.1) is 12.3 Å². The van der Waals surface area contributed by atoms with Gasteiger partial charge in [-0.3, -0.25) is 4.79 Å². The molecule has 0 amide bonds. The molecule has 0 aromatic heterocycles. The summed E-state index contributed by atoms with van der Waals surface area (Å²) in [4.78, 5) is 9.43. The normalized spacial score (nSPS) is 12.8. The Kier molecular flexibility index (Phi) is 3.64. The summed E-state index contributed by atoms with van der Waals surface area (Å²) in [5.41, 5.74) is 5.06. The zero-order valence-corrected chi connectivity index (χ0v) is 5.99. The smallest absolute Gasteiger partial charge is 0.194 e. The third-order valence-electron chi connectivity index (χ3n) is 0.701. The molecule has 0 aromatic rings. The van der Waals surface area contributed by atoms with Crippen LogP contribution in [0.1, 0.15) is 0 Å². The molecular formula is C5H5Cl2NO. The molecule has 0 radical (unpaired) electrons. The van der Waals surface area contributed by atoms with E-state index in [9.17, 15) is 4.79 Å². The number of Topliss-reactive ketones (excluding diaryl/α,β-unsaturated/α-hetero) is 1. The molecular weight excluding hydrogens is 161 g/mol. The van der Waals surface area contributed by atoms with Crippen LogP contribution in [0.3, 0.4) is 0 Å². The first-order valence-electron chi connectivity index (χ1n) is 2.13. The molecule has 0 aliphatic rings. The molecule has 0 bridgehead atoms. The number of hydrogen-bond donors (Lipinski definition) is 1. The maximum atomic E-state index is 10.5. The van der Waals surface area contributed by atoms with Crippen molar-refractivity contribution in [3.05, 3.63) is 0 Å². The molecule has 0 saturated carbocycles. The lowest BCUT2D eigenvalue weighted by Gasteiger charge is -2.01. The summed E-state index contributed by atoms with van der Waals surface area (Å²) in [6.45, 7) is 0. The van der Waals surface area contributed by atoms with E-state index < -0.39 is 16.7 Å². The molecule has 0 fully saturated rings. The van der Waals surface area contributed by atoms with Crippen LogP contribution in [0.5, 0.6) is 0 Å². The Morgan fingerprint density at radius 1 is 1.67 bits per heavy atom. The molecule has 2 N–H and O–H groups in total. The molecule has 0 heterocycles. The van der Waals surface area contributed by atoms with Gasteiger partial charge in [0.2, 0.25) is 0 Å². The monoisotopic (exact) mass is 165 g/mol. The van der Waals surface area contributed by atoms with Crippen LogP contribution in [-0.4, -0.2) is 16.7 Å². The average Bonchev–Trinajstić information content (AvgIpc) is 1.84. The molecule has 0 spiro atoms. The molecule has 50 valence electrons. The second-order valence-electron chi connectivity index (χ2n) is 1.35. The van der Waals surface area contributed by atoms with Gasteiger partial charge >= 0.3 is 0 Å². The van der Waals surface area contributed by atoms with Gasteiger partial charge in [0.05, 0.1) is 0 Å². The van der Waals surface area contributed by atoms with Gasteiger partial charge in [0.15, 0.2) is 10.6 Å². The second kappa shape index (κ2) is 3.73. The molecule has 0 aliphatic heterocycles. The highest BCUT2D eigenvalue weighted by atomic mass is 35.5. The average molecular weight is 166 g/mol. The van der Waals surface area contributed by atoms with Crippen molar-refractivity contribution in [2.75, 3.05) is 0 Å². The van der Waals surface area contributed by atoms with Crippen molar-refractivity contribution in [3.63, 3.8) is 0 Å². The first-order chi connectivity index (χ1) is 4.09. The number of ketones is 1. The largest absolute Gasteiger partial charge is 0.311 e. The minimum absolute atomic E-state index is 0.541. The maximum absolute atomic E-state index is 10.5. The van der Waals surface area contributed by atoms with Crippen LogP contribution in [0.15, 0.2) is 0 Å². The fraction of sp³-hybridized carbons (Fsp3) is 0.400. The van der Waals surface area contributed by atoms with Crippen LogP contribution in [0.4, 0.5) is 0 Å². The van der Waals surface area contributed by atoms with E-state index in [4.69, 9.17) is 35.4 Å². The predicted octanol–water partition coefficient (Wildman–Crippen LogP) is 0.320. The Labute approximate surface area is 63.3 Å². The van der Waals surface area contributed by atoms with E-state index in [1.54, 1.807) is 0 Å². The first-order valence-corrected chi connectivity index (χ1v) is 3.00. The van der Waals surface area contributed by atoms with E-state index in [0.717, 1.165) is 0 Å². The van der Waals surface area contributed by atoms with Crippen molar-refractivity contribution in [3.8, 4) is 12.3 Å². The van der Waals surface area contributed by atoms with Crippen molar-refractivity contribution in [1.82, 2.24) is 0 Å². The van der Waals surface area contributed by atoms with Gasteiger partial charge in [0, 0.05) is 0 Å².